The molecule has 2 amide bonds. The van der Waals surface area contributed by atoms with Gasteiger partial charge < -0.3 is 24.2 Å². The van der Waals surface area contributed by atoms with E-state index in [1.165, 1.54) is 0 Å². The molecule has 0 bridgehead atoms. The number of hydrogen-bond donors (Lipinski definition) is 2. The van der Waals surface area contributed by atoms with Gasteiger partial charge in [-0.2, -0.15) is 0 Å². The standard InChI is InChI=1S/C26H30FIN2O4Si/c1-15-24(35(2,3)27)22(34-26(15)20-11-18(28)8-9-21(20)29-25(26)33)12-23(32)30-13-17-7-5-4-6-16(17)10-19(30)14-31/h4-9,11,15,19,22,24,31H,10,12-14H2,1-3H3,(H,29,33)/t15-,19+,22+,24-,26+/m1/s1. The van der Waals surface area contributed by atoms with E-state index in [2.05, 4.69) is 27.9 Å². The maximum Gasteiger partial charge on any atom is 0.261 e. The van der Waals surface area contributed by atoms with Crippen LogP contribution in [-0.2, 0) is 32.9 Å². The first-order valence-corrected chi connectivity index (χ1v) is 16.0. The minimum Gasteiger partial charge on any atom is -0.394 e. The van der Waals surface area contributed by atoms with E-state index in [9.17, 15) is 14.7 Å². The van der Waals surface area contributed by atoms with Gasteiger partial charge in [0, 0.05) is 32.8 Å². The van der Waals surface area contributed by atoms with E-state index in [1.807, 2.05) is 49.4 Å². The van der Waals surface area contributed by atoms with E-state index >= 15 is 4.11 Å². The Morgan fingerprint density at radius 2 is 2.00 bits per heavy atom. The average Bonchev–Trinajstić information content (AvgIpc) is 3.26. The summed E-state index contributed by atoms with van der Waals surface area (Å²) in [6.45, 7) is 5.39. The lowest BCUT2D eigenvalue weighted by atomic mass is 9.82. The van der Waals surface area contributed by atoms with Gasteiger partial charge in [0.2, 0.25) is 14.3 Å². The molecule has 0 unspecified atom stereocenters. The number of benzene rings is 2. The summed E-state index contributed by atoms with van der Waals surface area (Å²) in [5.41, 5.74) is 1.74. The largest absolute Gasteiger partial charge is 0.394 e. The van der Waals surface area contributed by atoms with Gasteiger partial charge in [-0.05, 0) is 71.4 Å². The number of anilines is 1. The van der Waals surface area contributed by atoms with Gasteiger partial charge in [-0.1, -0.05) is 31.2 Å². The quantitative estimate of drug-likeness (QED) is 0.308. The van der Waals surface area contributed by atoms with Crippen molar-refractivity contribution in [2.75, 3.05) is 11.9 Å². The molecular formula is C26H30FIN2O4Si. The summed E-state index contributed by atoms with van der Waals surface area (Å²) < 4.78 is 23.3. The van der Waals surface area contributed by atoms with E-state index in [4.69, 9.17) is 4.74 Å². The number of ether oxygens (including phenoxy) is 1. The van der Waals surface area contributed by atoms with Crippen LogP contribution in [0, 0.1) is 9.49 Å². The maximum atomic E-state index is 15.8. The Balaban J connectivity index is 1.47. The highest BCUT2D eigenvalue weighted by Gasteiger charge is 2.65. The highest BCUT2D eigenvalue weighted by Crippen LogP contribution is 2.59. The van der Waals surface area contributed by atoms with Crippen molar-refractivity contribution < 1.29 is 23.5 Å². The molecule has 3 aliphatic heterocycles. The van der Waals surface area contributed by atoms with Gasteiger partial charge >= 0.3 is 0 Å². The molecule has 1 fully saturated rings. The van der Waals surface area contributed by atoms with Crippen molar-refractivity contribution in [3.63, 3.8) is 0 Å². The Morgan fingerprint density at radius 1 is 1.29 bits per heavy atom. The fourth-order valence-corrected chi connectivity index (χ4v) is 9.36. The molecule has 9 heteroatoms. The molecular weight excluding hydrogens is 578 g/mol. The molecule has 0 aliphatic carbocycles. The van der Waals surface area contributed by atoms with Crippen LogP contribution < -0.4 is 5.32 Å². The number of fused-ring (bicyclic) bond motifs is 3. The van der Waals surface area contributed by atoms with Crippen molar-refractivity contribution in [2.24, 2.45) is 5.92 Å². The number of carbonyl (C=O) groups excluding carboxylic acids is 2. The predicted molar refractivity (Wildman–Crippen MR) is 142 cm³/mol. The molecule has 2 N–H and O–H groups in total. The number of nitrogens with zero attached hydrogens (tertiary/aromatic N) is 1. The lowest BCUT2D eigenvalue weighted by Gasteiger charge is -2.37. The topological polar surface area (TPSA) is 78.9 Å². The number of aliphatic hydroxyl groups excluding tert-OH is 1. The summed E-state index contributed by atoms with van der Waals surface area (Å²) in [6, 6.07) is 13.3. The van der Waals surface area contributed by atoms with E-state index in [1.54, 1.807) is 18.0 Å². The lowest BCUT2D eigenvalue weighted by molar-refractivity contribution is -0.149. The van der Waals surface area contributed by atoms with Crippen molar-refractivity contribution in [3.05, 3.63) is 62.7 Å². The molecule has 186 valence electrons. The third-order valence-corrected chi connectivity index (χ3v) is 11.1. The first-order chi connectivity index (χ1) is 16.6. The minimum atomic E-state index is -3.33. The third kappa shape index (κ3) is 4.04. The van der Waals surface area contributed by atoms with Gasteiger partial charge in [0.05, 0.1) is 25.2 Å². The van der Waals surface area contributed by atoms with Crippen LogP contribution in [0.1, 0.15) is 30.0 Å². The van der Waals surface area contributed by atoms with Gasteiger partial charge in [-0.3, -0.25) is 9.59 Å². The summed E-state index contributed by atoms with van der Waals surface area (Å²) in [4.78, 5) is 28.7. The van der Waals surface area contributed by atoms with Crippen LogP contribution >= 0.6 is 22.6 Å². The average molecular weight is 609 g/mol. The van der Waals surface area contributed by atoms with Crippen LogP contribution in [0.3, 0.4) is 0 Å². The van der Waals surface area contributed by atoms with Gasteiger partial charge in [0.15, 0.2) is 5.60 Å². The van der Waals surface area contributed by atoms with Crippen molar-refractivity contribution in [1.29, 1.82) is 0 Å². The number of halogens is 2. The Hall–Kier alpha value is -1.82. The Morgan fingerprint density at radius 3 is 2.69 bits per heavy atom. The summed E-state index contributed by atoms with van der Waals surface area (Å²) >= 11 is 2.20. The lowest BCUT2D eigenvalue weighted by Crippen LogP contribution is -2.48. The molecule has 0 saturated carbocycles. The SMILES string of the molecule is C[C@@H]1[C@@H]([Si](C)(C)F)[C@H](CC(=O)N2Cc3ccccc3C[C@H]2CO)O[C@@]12C(=O)Nc1ccc(I)cc12. The Bertz CT molecular complexity index is 1190. The molecule has 0 aromatic heterocycles. The van der Waals surface area contributed by atoms with Crippen molar-refractivity contribution in [2.45, 2.75) is 62.7 Å². The summed E-state index contributed by atoms with van der Waals surface area (Å²) in [5.74, 6) is -0.903. The number of rotatable bonds is 4. The first-order valence-electron chi connectivity index (χ1n) is 12.0. The highest BCUT2D eigenvalue weighted by atomic mass is 127. The molecule has 3 heterocycles. The maximum absolute atomic E-state index is 15.8. The summed E-state index contributed by atoms with van der Waals surface area (Å²) in [7, 11) is -3.33. The Labute approximate surface area is 219 Å². The number of carbonyl (C=O) groups is 2. The van der Waals surface area contributed by atoms with Crippen molar-refractivity contribution in [1.82, 2.24) is 4.90 Å². The normalized spacial score (nSPS) is 29.8. The van der Waals surface area contributed by atoms with Gasteiger partial charge in [0.25, 0.3) is 5.91 Å². The second-order valence-electron chi connectivity index (χ2n) is 10.4. The molecule has 2 aromatic carbocycles. The molecule has 0 radical (unpaired) electrons. The van der Waals surface area contributed by atoms with Crippen LogP contribution in [0.15, 0.2) is 42.5 Å². The van der Waals surface area contributed by atoms with Crippen LogP contribution in [0.25, 0.3) is 0 Å². The molecule has 35 heavy (non-hydrogen) atoms. The van der Waals surface area contributed by atoms with Crippen LogP contribution in [-0.4, -0.2) is 49.0 Å². The fraction of sp³-hybridized carbons (Fsp3) is 0.462. The monoisotopic (exact) mass is 608 g/mol. The third-order valence-electron chi connectivity index (χ3n) is 7.94. The number of aliphatic hydroxyl groups is 1. The van der Waals surface area contributed by atoms with Crippen LogP contribution in [0.2, 0.25) is 18.6 Å². The fourth-order valence-electron chi connectivity index (χ4n) is 6.37. The summed E-state index contributed by atoms with van der Waals surface area (Å²) in [6.07, 6.45) is -0.177. The molecule has 5 rings (SSSR count). The van der Waals surface area contributed by atoms with E-state index in [0.29, 0.717) is 18.7 Å². The Kier molecular flexibility index (Phi) is 6.34. The second kappa shape index (κ2) is 8.93. The van der Waals surface area contributed by atoms with Gasteiger partial charge in [0.1, 0.15) is 0 Å². The zero-order valence-corrected chi connectivity index (χ0v) is 23.2. The zero-order chi connectivity index (χ0) is 25.1. The molecule has 2 aromatic rings. The molecule has 6 nitrogen and oxygen atoms in total. The van der Waals surface area contributed by atoms with Crippen molar-refractivity contribution >= 4 is 48.5 Å². The van der Waals surface area contributed by atoms with Crippen LogP contribution in [0.4, 0.5) is 9.80 Å². The minimum absolute atomic E-state index is 0.0255. The van der Waals surface area contributed by atoms with Gasteiger partial charge in [-0.25, -0.2) is 0 Å². The highest BCUT2D eigenvalue weighted by molar-refractivity contribution is 14.1. The second-order valence-corrected chi connectivity index (χ2v) is 15.5. The first kappa shape index (κ1) is 24.9. The number of amides is 2. The van der Waals surface area contributed by atoms with E-state index in [-0.39, 0.29) is 30.9 Å². The van der Waals surface area contributed by atoms with E-state index in [0.717, 1.165) is 20.3 Å². The molecule has 1 saturated heterocycles. The zero-order valence-electron chi connectivity index (χ0n) is 20.1. The smallest absolute Gasteiger partial charge is 0.261 e. The number of hydrogen-bond acceptors (Lipinski definition) is 4. The van der Waals surface area contributed by atoms with Gasteiger partial charge in [-0.15, -0.1) is 0 Å². The van der Waals surface area contributed by atoms with Crippen LogP contribution in [0.5, 0.6) is 0 Å². The van der Waals surface area contributed by atoms with Crippen molar-refractivity contribution in [3.8, 4) is 0 Å². The van der Waals surface area contributed by atoms with E-state index < -0.39 is 31.6 Å². The molecule has 1 spiro atoms. The molecule has 3 aliphatic rings. The number of nitrogens with one attached hydrogen (secondary N) is 1. The summed E-state index contributed by atoms with van der Waals surface area (Å²) in [5, 5.41) is 12.9. The predicted octanol–water partition coefficient (Wildman–Crippen LogP) is 4.35. The molecule has 5 atom stereocenters.